The van der Waals surface area contributed by atoms with Crippen LogP contribution in [-0.4, -0.2) is 12.6 Å². The van der Waals surface area contributed by atoms with Gasteiger partial charge in [0.25, 0.3) is 0 Å². The summed E-state index contributed by atoms with van der Waals surface area (Å²) in [6.45, 7) is 1.05. The van der Waals surface area contributed by atoms with Crippen molar-refractivity contribution in [2.75, 3.05) is 11.9 Å². The maximum Gasteiger partial charge on any atom is 0.0351 e. The van der Waals surface area contributed by atoms with Crippen molar-refractivity contribution in [1.82, 2.24) is 0 Å². The molecule has 2 rings (SSSR count). The smallest absolute Gasteiger partial charge is 0.0351 e. The molecule has 3 heteroatoms. The van der Waals surface area contributed by atoms with Crippen LogP contribution in [0.2, 0.25) is 0 Å². The average Bonchev–Trinajstić information content (AvgIpc) is 2.27. The Labute approximate surface area is 106 Å². The Morgan fingerprint density at radius 1 is 1.38 bits per heavy atom. The molecule has 2 atom stereocenters. The zero-order valence-electron chi connectivity index (χ0n) is 9.45. The van der Waals surface area contributed by atoms with Gasteiger partial charge in [0.05, 0.1) is 0 Å². The van der Waals surface area contributed by atoms with E-state index in [1.165, 1.54) is 31.4 Å². The summed E-state index contributed by atoms with van der Waals surface area (Å²) in [4.78, 5) is 0. The van der Waals surface area contributed by atoms with E-state index in [1.54, 1.807) is 0 Å². The van der Waals surface area contributed by atoms with Crippen molar-refractivity contribution in [3.8, 4) is 0 Å². The van der Waals surface area contributed by atoms with Gasteiger partial charge in [-0.05, 0) is 43.4 Å². The van der Waals surface area contributed by atoms with Gasteiger partial charge >= 0.3 is 0 Å². The molecule has 0 heterocycles. The van der Waals surface area contributed by atoms with Gasteiger partial charge in [0.2, 0.25) is 0 Å². The van der Waals surface area contributed by atoms with E-state index in [0.717, 1.165) is 16.9 Å². The Morgan fingerprint density at radius 3 is 3.00 bits per heavy atom. The van der Waals surface area contributed by atoms with Crippen LogP contribution in [0.3, 0.4) is 0 Å². The summed E-state index contributed by atoms with van der Waals surface area (Å²) < 4.78 is 1.12. The van der Waals surface area contributed by atoms with E-state index in [-0.39, 0.29) is 0 Å². The zero-order chi connectivity index (χ0) is 11.4. The van der Waals surface area contributed by atoms with Crippen LogP contribution in [0, 0.1) is 5.92 Å². The van der Waals surface area contributed by atoms with Gasteiger partial charge in [0, 0.05) is 22.7 Å². The number of halogens is 1. The highest BCUT2D eigenvalue weighted by molar-refractivity contribution is 9.10. The molecular formula is C13H19BrN2. The van der Waals surface area contributed by atoms with Crippen LogP contribution in [-0.2, 0) is 0 Å². The van der Waals surface area contributed by atoms with Gasteiger partial charge in [-0.1, -0.05) is 28.4 Å². The lowest BCUT2D eigenvalue weighted by atomic mass is 9.86. The van der Waals surface area contributed by atoms with Gasteiger partial charge in [0.15, 0.2) is 0 Å². The monoisotopic (exact) mass is 282 g/mol. The molecule has 1 aliphatic rings. The molecule has 0 saturated heterocycles. The van der Waals surface area contributed by atoms with Gasteiger partial charge in [-0.25, -0.2) is 0 Å². The van der Waals surface area contributed by atoms with Crippen LogP contribution in [0.25, 0.3) is 0 Å². The summed E-state index contributed by atoms with van der Waals surface area (Å²) in [6.07, 6.45) is 4.97. The highest BCUT2D eigenvalue weighted by atomic mass is 79.9. The summed E-state index contributed by atoms with van der Waals surface area (Å²) >= 11 is 3.48. The Bertz CT molecular complexity index is 340. The van der Waals surface area contributed by atoms with Gasteiger partial charge < -0.3 is 11.1 Å². The zero-order valence-corrected chi connectivity index (χ0v) is 11.0. The Balaban J connectivity index is 1.82. The highest BCUT2D eigenvalue weighted by Gasteiger charge is 2.18. The van der Waals surface area contributed by atoms with Crippen molar-refractivity contribution in [3.05, 3.63) is 28.7 Å². The lowest BCUT2D eigenvalue weighted by Crippen LogP contribution is -2.30. The summed E-state index contributed by atoms with van der Waals surface area (Å²) in [5.41, 5.74) is 7.17. The molecular weight excluding hydrogens is 264 g/mol. The maximum atomic E-state index is 5.98. The predicted octanol–water partition coefficient (Wildman–Crippen LogP) is 3.38. The molecule has 0 bridgehead atoms. The number of hydrogen-bond acceptors (Lipinski definition) is 2. The van der Waals surface area contributed by atoms with Crippen LogP contribution in [0.4, 0.5) is 5.69 Å². The highest BCUT2D eigenvalue weighted by Crippen LogP contribution is 2.24. The Kier molecular flexibility index (Phi) is 4.24. The molecule has 1 aliphatic carbocycles. The summed E-state index contributed by atoms with van der Waals surface area (Å²) in [7, 11) is 0. The number of rotatable bonds is 3. The third-order valence-electron chi connectivity index (χ3n) is 3.24. The van der Waals surface area contributed by atoms with Gasteiger partial charge in [-0.3, -0.25) is 0 Å². The SMILES string of the molecule is NC1CCCC(CNc2cccc(Br)c2)C1. The summed E-state index contributed by atoms with van der Waals surface area (Å²) in [5, 5.41) is 3.49. The minimum absolute atomic E-state index is 0.419. The first-order valence-corrected chi connectivity index (χ1v) is 6.78. The maximum absolute atomic E-state index is 5.98. The second-order valence-corrected chi connectivity index (χ2v) is 5.60. The molecule has 2 unspecified atom stereocenters. The largest absolute Gasteiger partial charge is 0.385 e. The molecule has 3 N–H and O–H groups in total. The second-order valence-electron chi connectivity index (χ2n) is 4.68. The van der Waals surface area contributed by atoms with Crippen LogP contribution >= 0.6 is 15.9 Å². The molecule has 1 fully saturated rings. The lowest BCUT2D eigenvalue weighted by molar-refractivity contribution is 0.335. The first-order valence-electron chi connectivity index (χ1n) is 5.99. The first kappa shape index (κ1) is 11.9. The molecule has 1 saturated carbocycles. The Morgan fingerprint density at radius 2 is 2.25 bits per heavy atom. The average molecular weight is 283 g/mol. The van der Waals surface area contributed by atoms with Gasteiger partial charge in [-0.2, -0.15) is 0 Å². The quantitative estimate of drug-likeness (QED) is 0.892. The molecule has 1 aromatic rings. The number of nitrogens with two attached hydrogens (primary N) is 1. The summed E-state index contributed by atoms with van der Waals surface area (Å²) in [6, 6.07) is 8.74. The number of anilines is 1. The van der Waals surface area contributed by atoms with Crippen molar-refractivity contribution < 1.29 is 0 Å². The normalized spacial score (nSPS) is 25.4. The van der Waals surface area contributed by atoms with Crippen molar-refractivity contribution in [1.29, 1.82) is 0 Å². The van der Waals surface area contributed by atoms with E-state index in [1.807, 2.05) is 6.07 Å². The minimum Gasteiger partial charge on any atom is -0.385 e. The van der Waals surface area contributed by atoms with E-state index in [4.69, 9.17) is 5.73 Å². The van der Waals surface area contributed by atoms with E-state index < -0.39 is 0 Å². The van der Waals surface area contributed by atoms with Crippen LogP contribution in [0.15, 0.2) is 28.7 Å². The Hall–Kier alpha value is -0.540. The molecule has 0 amide bonds. The van der Waals surface area contributed by atoms with Crippen molar-refractivity contribution in [2.24, 2.45) is 11.7 Å². The number of nitrogens with one attached hydrogen (secondary N) is 1. The first-order chi connectivity index (χ1) is 7.74. The molecule has 0 aromatic heterocycles. The fourth-order valence-corrected chi connectivity index (χ4v) is 2.78. The number of benzene rings is 1. The molecule has 0 spiro atoms. The molecule has 2 nitrogen and oxygen atoms in total. The fourth-order valence-electron chi connectivity index (χ4n) is 2.38. The van der Waals surface area contributed by atoms with Crippen molar-refractivity contribution in [3.63, 3.8) is 0 Å². The van der Waals surface area contributed by atoms with E-state index in [2.05, 4.69) is 39.4 Å². The summed E-state index contributed by atoms with van der Waals surface area (Å²) in [5.74, 6) is 0.739. The van der Waals surface area contributed by atoms with Gasteiger partial charge in [-0.15, -0.1) is 0 Å². The molecule has 1 aromatic carbocycles. The van der Waals surface area contributed by atoms with Crippen LogP contribution in [0.5, 0.6) is 0 Å². The van der Waals surface area contributed by atoms with Crippen molar-refractivity contribution >= 4 is 21.6 Å². The minimum atomic E-state index is 0.419. The molecule has 16 heavy (non-hydrogen) atoms. The molecule has 88 valence electrons. The third-order valence-corrected chi connectivity index (χ3v) is 3.74. The second kappa shape index (κ2) is 5.69. The van der Waals surface area contributed by atoms with Crippen molar-refractivity contribution in [2.45, 2.75) is 31.7 Å². The van der Waals surface area contributed by atoms with E-state index in [9.17, 15) is 0 Å². The van der Waals surface area contributed by atoms with E-state index >= 15 is 0 Å². The number of hydrogen-bond donors (Lipinski definition) is 2. The van der Waals surface area contributed by atoms with E-state index in [0.29, 0.717) is 6.04 Å². The molecule has 0 radical (unpaired) electrons. The standard InChI is InChI=1S/C13H19BrN2/c14-11-4-2-6-13(8-11)16-9-10-3-1-5-12(15)7-10/h2,4,6,8,10,12,16H,1,3,5,7,9,15H2. The molecule has 0 aliphatic heterocycles. The third kappa shape index (κ3) is 3.49. The van der Waals surface area contributed by atoms with Crippen LogP contribution in [0.1, 0.15) is 25.7 Å². The fraction of sp³-hybridized carbons (Fsp3) is 0.538. The van der Waals surface area contributed by atoms with Gasteiger partial charge in [0.1, 0.15) is 0 Å². The lowest BCUT2D eigenvalue weighted by Gasteiger charge is -2.27. The van der Waals surface area contributed by atoms with Crippen LogP contribution < -0.4 is 11.1 Å². The topological polar surface area (TPSA) is 38.0 Å². The predicted molar refractivity (Wildman–Crippen MR) is 72.6 cm³/mol.